The van der Waals surface area contributed by atoms with Crippen LogP contribution in [0.3, 0.4) is 0 Å². The highest BCUT2D eigenvalue weighted by atomic mass is 35.5. The Hall–Kier alpha value is -2.33. The molecule has 0 heterocycles. The molecule has 0 bridgehead atoms. The van der Waals surface area contributed by atoms with E-state index in [2.05, 4.69) is 18.2 Å². The van der Waals surface area contributed by atoms with Crippen LogP contribution in [0.1, 0.15) is 36.5 Å². The lowest BCUT2D eigenvalue weighted by molar-refractivity contribution is -0.139. The fourth-order valence-corrected chi connectivity index (χ4v) is 3.68. The van der Waals surface area contributed by atoms with Crippen molar-refractivity contribution < 1.29 is 14.3 Å². The van der Waals surface area contributed by atoms with E-state index in [0.29, 0.717) is 18.1 Å². The maximum absolute atomic E-state index is 12.6. The van der Waals surface area contributed by atoms with E-state index < -0.39 is 0 Å². The van der Waals surface area contributed by atoms with E-state index in [9.17, 15) is 9.59 Å². The monoisotopic (exact) mass is 399 g/mol. The van der Waals surface area contributed by atoms with Crippen LogP contribution in [0.4, 0.5) is 0 Å². The zero-order valence-corrected chi connectivity index (χ0v) is 17.4. The molecule has 1 amide bonds. The lowest BCUT2D eigenvalue weighted by Gasteiger charge is -2.23. The van der Waals surface area contributed by atoms with E-state index in [1.807, 2.05) is 30.9 Å². The smallest absolute Gasteiger partial charge is 0.309 e. The second-order valence-electron chi connectivity index (χ2n) is 7.39. The third kappa shape index (κ3) is 4.93. The second-order valence-corrected chi connectivity index (χ2v) is 7.82. The highest BCUT2D eigenvalue weighted by Gasteiger charge is 2.33. The summed E-state index contributed by atoms with van der Waals surface area (Å²) in [7, 11) is 1.38. The van der Waals surface area contributed by atoms with Gasteiger partial charge in [0.25, 0.3) is 0 Å². The number of benzene rings is 2. The third-order valence-corrected chi connectivity index (χ3v) is 5.30. The Morgan fingerprint density at radius 1 is 1.18 bits per heavy atom. The Balaban J connectivity index is 1.95. The van der Waals surface area contributed by atoms with Crippen LogP contribution in [-0.2, 0) is 27.3 Å². The number of carbonyl (C=O) groups is 2. The highest BCUT2D eigenvalue weighted by Crippen LogP contribution is 2.33. The van der Waals surface area contributed by atoms with Crippen molar-refractivity contribution in [3.05, 3.63) is 58.1 Å². The first-order chi connectivity index (χ1) is 13.4. The summed E-state index contributed by atoms with van der Waals surface area (Å²) >= 11 is 6.33. The highest BCUT2D eigenvalue weighted by molar-refractivity contribution is 6.31. The normalized spacial score (nSPS) is 13.3. The minimum atomic E-state index is -0.301. The minimum Gasteiger partial charge on any atom is -0.469 e. The van der Waals surface area contributed by atoms with Crippen molar-refractivity contribution in [2.45, 2.75) is 39.7 Å². The van der Waals surface area contributed by atoms with Gasteiger partial charge in [0.1, 0.15) is 0 Å². The van der Waals surface area contributed by atoms with E-state index in [4.69, 9.17) is 16.3 Å². The van der Waals surface area contributed by atoms with Gasteiger partial charge in [-0.1, -0.05) is 41.4 Å². The molecule has 2 aromatic rings. The van der Waals surface area contributed by atoms with E-state index in [1.54, 1.807) is 6.07 Å². The number of rotatable bonds is 7. The Labute approximate surface area is 171 Å². The number of ether oxygens (including phenoxy) is 1. The minimum absolute atomic E-state index is 0.173. The number of amides is 1. The lowest BCUT2D eigenvalue weighted by atomic mass is 9.95. The molecule has 0 saturated heterocycles. The van der Waals surface area contributed by atoms with Crippen LogP contribution >= 0.6 is 11.6 Å². The molecule has 0 radical (unpaired) electrons. The lowest BCUT2D eigenvalue weighted by Crippen LogP contribution is -2.31. The van der Waals surface area contributed by atoms with Crippen LogP contribution in [-0.4, -0.2) is 30.4 Å². The number of hydrogen-bond acceptors (Lipinski definition) is 3. The van der Waals surface area contributed by atoms with Crippen molar-refractivity contribution in [2.75, 3.05) is 13.7 Å². The molecule has 1 fully saturated rings. The van der Waals surface area contributed by atoms with Gasteiger partial charge in [-0.3, -0.25) is 9.59 Å². The van der Waals surface area contributed by atoms with Crippen LogP contribution in [0.2, 0.25) is 5.02 Å². The molecule has 0 spiro atoms. The summed E-state index contributed by atoms with van der Waals surface area (Å²) < 4.78 is 4.77. The largest absolute Gasteiger partial charge is 0.469 e. The maximum Gasteiger partial charge on any atom is 0.309 e. The summed E-state index contributed by atoms with van der Waals surface area (Å²) in [6.45, 7) is 5.32. The number of carbonyl (C=O) groups excluding carboxylic acids is 2. The predicted octanol–water partition coefficient (Wildman–Crippen LogP) is 4.79. The standard InChI is InChI=1S/C23H26ClNO3/c1-4-25(23(27)17-6-7-17)14-19-9-15(2)5-8-21(19)18-10-16(11-20(24)13-18)12-22(26)28-3/h5,8-11,13,17H,4,6-7,12,14H2,1-3H3. The van der Waals surface area contributed by atoms with Gasteiger partial charge >= 0.3 is 5.97 Å². The van der Waals surface area contributed by atoms with Crippen LogP contribution in [0.15, 0.2) is 36.4 Å². The zero-order valence-electron chi connectivity index (χ0n) is 16.6. The molecular weight excluding hydrogens is 374 g/mol. The molecular formula is C23H26ClNO3. The van der Waals surface area contributed by atoms with Gasteiger partial charge in [0.05, 0.1) is 13.5 Å². The Morgan fingerprint density at radius 2 is 1.93 bits per heavy atom. The number of hydrogen-bond donors (Lipinski definition) is 0. The molecule has 0 atom stereocenters. The first-order valence-electron chi connectivity index (χ1n) is 9.66. The summed E-state index contributed by atoms with van der Waals surface area (Å²) in [6, 6.07) is 11.9. The topological polar surface area (TPSA) is 46.6 Å². The molecule has 1 saturated carbocycles. The maximum atomic E-state index is 12.6. The summed E-state index contributed by atoms with van der Waals surface area (Å²) in [5.41, 5.74) is 5.01. The number of halogens is 1. The number of nitrogens with zero attached hydrogens (tertiary/aromatic N) is 1. The average Bonchev–Trinajstić information content (AvgIpc) is 3.50. The zero-order chi connectivity index (χ0) is 20.3. The summed E-state index contributed by atoms with van der Waals surface area (Å²) in [5.74, 6) is 0.142. The first kappa shape index (κ1) is 20.4. The van der Waals surface area contributed by atoms with Gasteiger partial charge < -0.3 is 9.64 Å². The van der Waals surface area contributed by atoms with Gasteiger partial charge in [0.2, 0.25) is 5.91 Å². The molecule has 5 heteroatoms. The van der Waals surface area contributed by atoms with Gasteiger partial charge in [-0.15, -0.1) is 0 Å². The molecule has 1 aliphatic rings. The predicted molar refractivity (Wildman–Crippen MR) is 111 cm³/mol. The SMILES string of the molecule is CCN(Cc1cc(C)ccc1-c1cc(Cl)cc(CC(=O)OC)c1)C(=O)C1CC1. The first-order valence-corrected chi connectivity index (χ1v) is 10.0. The van der Waals surface area contributed by atoms with Crippen molar-refractivity contribution in [3.63, 3.8) is 0 Å². The van der Waals surface area contributed by atoms with Crippen molar-refractivity contribution in [2.24, 2.45) is 5.92 Å². The van der Waals surface area contributed by atoms with Crippen LogP contribution < -0.4 is 0 Å². The third-order valence-electron chi connectivity index (χ3n) is 5.09. The number of methoxy groups -OCH3 is 1. The van der Waals surface area contributed by atoms with E-state index in [1.165, 1.54) is 7.11 Å². The van der Waals surface area contributed by atoms with Crippen molar-refractivity contribution in [1.82, 2.24) is 4.90 Å². The molecule has 2 aromatic carbocycles. The van der Waals surface area contributed by atoms with Crippen molar-refractivity contribution in [1.29, 1.82) is 0 Å². The van der Waals surface area contributed by atoms with Crippen molar-refractivity contribution >= 4 is 23.5 Å². The van der Waals surface area contributed by atoms with Crippen LogP contribution in [0.5, 0.6) is 0 Å². The Bertz CT molecular complexity index is 889. The van der Waals surface area contributed by atoms with Gasteiger partial charge in [-0.25, -0.2) is 0 Å². The fraction of sp³-hybridized carbons (Fsp3) is 0.391. The molecule has 0 unspecified atom stereocenters. The quantitative estimate of drug-likeness (QED) is 0.629. The molecule has 4 nitrogen and oxygen atoms in total. The Kier molecular flexibility index (Phi) is 6.40. The molecule has 0 aliphatic heterocycles. The fourth-order valence-electron chi connectivity index (χ4n) is 3.42. The average molecular weight is 400 g/mol. The second kappa shape index (κ2) is 8.78. The summed E-state index contributed by atoms with van der Waals surface area (Å²) in [6.07, 6.45) is 2.18. The van der Waals surface area contributed by atoms with Gasteiger partial charge in [-0.2, -0.15) is 0 Å². The van der Waals surface area contributed by atoms with Gasteiger partial charge in [-0.05, 0) is 61.1 Å². The number of esters is 1. The molecule has 3 rings (SSSR count). The molecule has 28 heavy (non-hydrogen) atoms. The van der Waals surface area contributed by atoms with Gasteiger partial charge in [0, 0.05) is 24.0 Å². The summed E-state index contributed by atoms with van der Waals surface area (Å²) in [5, 5.41) is 0.573. The molecule has 0 N–H and O–H groups in total. The molecule has 0 aromatic heterocycles. The molecule has 148 valence electrons. The van der Waals surface area contributed by atoms with Gasteiger partial charge in [0.15, 0.2) is 0 Å². The van der Waals surface area contributed by atoms with Crippen molar-refractivity contribution in [3.8, 4) is 11.1 Å². The van der Waals surface area contributed by atoms with E-state index >= 15 is 0 Å². The molecule has 1 aliphatic carbocycles. The summed E-state index contributed by atoms with van der Waals surface area (Å²) in [4.78, 5) is 26.2. The Morgan fingerprint density at radius 3 is 2.57 bits per heavy atom. The van der Waals surface area contributed by atoms with Crippen LogP contribution in [0, 0.1) is 12.8 Å². The van der Waals surface area contributed by atoms with E-state index in [0.717, 1.165) is 40.7 Å². The number of aryl methyl sites for hydroxylation is 1. The van der Waals surface area contributed by atoms with Crippen LogP contribution in [0.25, 0.3) is 11.1 Å². The van der Waals surface area contributed by atoms with E-state index in [-0.39, 0.29) is 24.2 Å².